The van der Waals surface area contributed by atoms with Crippen molar-refractivity contribution in [3.05, 3.63) is 53.8 Å². The molecule has 0 heterocycles. The van der Waals surface area contributed by atoms with Crippen LogP contribution in [0.25, 0.3) is 0 Å². The summed E-state index contributed by atoms with van der Waals surface area (Å²) in [6.45, 7) is 4.26. The highest BCUT2D eigenvalue weighted by Crippen LogP contribution is 2.19. The van der Waals surface area contributed by atoms with Crippen molar-refractivity contribution in [1.29, 1.82) is 0 Å². The van der Waals surface area contributed by atoms with Crippen LogP contribution in [0.5, 0.6) is 5.75 Å². The number of rotatable bonds is 6. The highest BCUT2D eigenvalue weighted by Gasteiger charge is 2.05. The van der Waals surface area contributed by atoms with Gasteiger partial charge in [-0.15, -0.1) is 24.0 Å². The molecule has 142 valence electrons. The second kappa shape index (κ2) is 10.2. The van der Waals surface area contributed by atoms with E-state index in [1.165, 1.54) is 6.07 Å². The third kappa shape index (κ3) is 6.70. The molecule has 3 N–H and O–H groups in total. The summed E-state index contributed by atoms with van der Waals surface area (Å²) in [6, 6.07) is 12.5. The van der Waals surface area contributed by atoms with Gasteiger partial charge in [-0.3, -0.25) is 0 Å². The maximum absolute atomic E-state index is 14.0. The first-order valence-electron chi connectivity index (χ1n) is 8.14. The average Bonchev–Trinajstić information content (AvgIpc) is 2.54. The van der Waals surface area contributed by atoms with E-state index < -0.39 is 0 Å². The van der Waals surface area contributed by atoms with Crippen molar-refractivity contribution >= 4 is 41.3 Å². The number of ether oxygens (including phenoxy) is 1. The number of aliphatic imine (C=N–C) groups is 1. The monoisotopic (exact) mass is 472 g/mol. The molecular formula is C19H26FIN4O. The van der Waals surface area contributed by atoms with Crippen molar-refractivity contribution in [2.75, 3.05) is 24.3 Å². The first-order chi connectivity index (χ1) is 11.8. The van der Waals surface area contributed by atoms with Gasteiger partial charge in [-0.1, -0.05) is 6.07 Å². The molecule has 2 aromatic rings. The van der Waals surface area contributed by atoms with Gasteiger partial charge in [0.05, 0.1) is 18.3 Å². The molecule has 7 heteroatoms. The van der Waals surface area contributed by atoms with Crippen LogP contribution in [0, 0.1) is 5.82 Å². The Balaban J connectivity index is 0.00000338. The van der Waals surface area contributed by atoms with Crippen molar-refractivity contribution in [2.24, 2.45) is 10.7 Å². The van der Waals surface area contributed by atoms with E-state index in [0.29, 0.717) is 12.2 Å². The lowest BCUT2D eigenvalue weighted by atomic mass is 10.2. The summed E-state index contributed by atoms with van der Waals surface area (Å²) in [5.74, 6) is 0.798. The number of nitrogens with zero attached hydrogens (tertiary/aromatic N) is 2. The fraction of sp³-hybridized carbons (Fsp3) is 0.316. The van der Waals surface area contributed by atoms with E-state index in [4.69, 9.17) is 10.5 Å². The Morgan fingerprint density at radius 3 is 2.38 bits per heavy atom. The van der Waals surface area contributed by atoms with Gasteiger partial charge in [-0.25, -0.2) is 9.38 Å². The van der Waals surface area contributed by atoms with Crippen molar-refractivity contribution in [2.45, 2.75) is 26.5 Å². The lowest BCUT2D eigenvalue weighted by molar-refractivity contribution is 0.242. The van der Waals surface area contributed by atoms with Crippen LogP contribution in [0.1, 0.15) is 19.4 Å². The SMILES string of the molecule is CC(C)Oc1ccc(NC(N)=NCc2ccc(N(C)C)c(F)c2)cc1.I. The molecule has 0 aliphatic carbocycles. The summed E-state index contributed by atoms with van der Waals surface area (Å²) in [6.07, 6.45) is 0.129. The number of nitrogens with one attached hydrogen (secondary N) is 1. The Hall–Kier alpha value is -2.03. The summed E-state index contributed by atoms with van der Waals surface area (Å²) >= 11 is 0. The van der Waals surface area contributed by atoms with Crippen LogP contribution in [0.3, 0.4) is 0 Å². The first kappa shape index (κ1) is 22.0. The van der Waals surface area contributed by atoms with Crippen LogP contribution in [0.2, 0.25) is 0 Å². The molecule has 0 aliphatic heterocycles. The zero-order valence-electron chi connectivity index (χ0n) is 15.5. The molecule has 0 saturated heterocycles. The standard InChI is InChI=1S/C19H25FN4O.HI/c1-13(2)25-16-8-6-15(7-9-16)23-19(21)22-12-14-5-10-18(24(3)4)17(20)11-14;/h5-11,13H,12H2,1-4H3,(H3,21,22,23);1H. The van der Waals surface area contributed by atoms with E-state index >= 15 is 0 Å². The molecular weight excluding hydrogens is 446 g/mol. The minimum atomic E-state index is -0.273. The number of halogens is 2. The predicted molar refractivity (Wildman–Crippen MR) is 117 cm³/mol. The predicted octanol–water partition coefficient (Wildman–Crippen LogP) is 4.22. The smallest absolute Gasteiger partial charge is 0.193 e. The maximum atomic E-state index is 14.0. The Bertz CT molecular complexity index is 733. The lowest BCUT2D eigenvalue weighted by Crippen LogP contribution is -2.22. The van der Waals surface area contributed by atoms with Crippen LogP contribution in [-0.2, 0) is 6.54 Å². The Kier molecular flexibility index (Phi) is 8.64. The quantitative estimate of drug-likeness (QED) is 0.376. The van der Waals surface area contributed by atoms with Gasteiger partial charge in [-0.05, 0) is 55.8 Å². The van der Waals surface area contributed by atoms with Gasteiger partial charge in [0.15, 0.2) is 5.96 Å². The molecule has 0 aliphatic rings. The molecule has 0 fully saturated rings. The Labute approximate surface area is 171 Å². The van der Waals surface area contributed by atoms with Crippen LogP contribution < -0.4 is 20.7 Å². The molecule has 26 heavy (non-hydrogen) atoms. The van der Waals surface area contributed by atoms with E-state index in [1.807, 2.05) is 44.2 Å². The number of hydrogen-bond donors (Lipinski definition) is 2. The summed E-state index contributed by atoms with van der Waals surface area (Å²) in [4.78, 5) is 5.98. The molecule has 5 nitrogen and oxygen atoms in total. The zero-order chi connectivity index (χ0) is 18.4. The van der Waals surface area contributed by atoms with Gasteiger partial charge < -0.3 is 20.7 Å². The summed E-state index contributed by atoms with van der Waals surface area (Å²) in [5, 5.41) is 3.01. The minimum absolute atomic E-state index is 0. The Morgan fingerprint density at radius 2 is 1.85 bits per heavy atom. The third-order valence-electron chi connectivity index (χ3n) is 3.42. The number of guanidine groups is 1. The van der Waals surface area contributed by atoms with Crippen molar-refractivity contribution in [1.82, 2.24) is 0 Å². The molecule has 0 radical (unpaired) electrons. The largest absolute Gasteiger partial charge is 0.491 e. The normalized spacial score (nSPS) is 11.1. The highest BCUT2D eigenvalue weighted by atomic mass is 127. The highest BCUT2D eigenvalue weighted by molar-refractivity contribution is 14.0. The second-order valence-electron chi connectivity index (χ2n) is 6.20. The average molecular weight is 472 g/mol. The summed E-state index contributed by atoms with van der Waals surface area (Å²) < 4.78 is 19.5. The molecule has 0 atom stereocenters. The third-order valence-corrected chi connectivity index (χ3v) is 3.42. The van der Waals surface area contributed by atoms with Crippen molar-refractivity contribution < 1.29 is 9.13 Å². The van der Waals surface area contributed by atoms with E-state index in [2.05, 4.69) is 10.3 Å². The molecule has 0 saturated carbocycles. The zero-order valence-corrected chi connectivity index (χ0v) is 17.8. The van der Waals surface area contributed by atoms with Gasteiger partial charge in [0.1, 0.15) is 11.6 Å². The van der Waals surface area contributed by atoms with E-state index in [9.17, 15) is 4.39 Å². The van der Waals surface area contributed by atoms with Crippen LogP contribution in [0.15, 0.2) is 47.5 Å². The van der Waals surface area contributed by atoms with Crippen LogP contribution in [0.4, 0.5) is 15.8 Å². The van der Waals surface area contributed by atoms with E-state index in [0.717, 1.165) is 17.0 Å². The number of hydrogen-bond acceptors (Lipinski definition) is 3. The molecule has 2 rings (SSSR count). The number of anilines is 2. The van der Waals surface area contributed by atoms with Crippen molar-refractivity contribution in [3.63, 3.8) is 0 Å². The van der Waals surface area contributed by atoms with Crippen molar-refractivity contribution in [3.8, 4) is 5.75 Å². The van der Waals surface area contributed by atoms with Gasteiger partial charge in [0, 0.05) is 19.8 Å². The topological polar surface area (TPSA) is 62.9 Å². The van der Waals surface area contributed by atoms with Gasteiger partial charge in [-0.2, -0.15) is 0 Å². The van der Waals surface area contributed by atoms with Gasteiger partial charge >= 0.3 is 0 Å². The van der Waals surface area contributed by atoms with Crippen LogP contribution >= 0.6 is 24.0 Å². The first-order valence-corrected chi connectivity index (χ1v) is 8.14. The van der Waals surface area contributed by atoms with E-state index in [1.54, 1.807) is 25.1 Å². The second-order valence-corrected chi connectivity index (χ2v) is 6.20. The number of benzene rings is 2. The molecule has 2 aromatic carbocycles. The molecule has 0 aromatic heterocycles. The lowest BCUT2D eigenvalue weighted by Gasteiger charge is -2.14. The molecule has 0 unspecified atom stereocenters. The van der Waals surface area contributed by atoms with E-state index in [-0.39, 0.29) is 41.9 Å². The maximum Gasteiger partial charge on any atom is 0.193 e. The molecule has 0 bridgehead atoms. The fourth-order valence-corrected chi connectivity index (χ4v) is 2.26. The summed E-state index contributed by atoms with van der Waals surface area (Å²) in [5.41, 5.74) is 8.01. The van der Waals surface area contributed by atoms with Gasteiger partial charge in [0.25, 0.3) is 0 Å². The number of nitrogens with two attached hydrogens (primary N) is 1. The molecule has 0 spiro atoms. The fourth-order valence-electron chi connectivity index (χ4n) is 2.26. The van der Waals surface area contributed by atoms with Gasteiger partial charge in [0.2, 0.25) is 0 Å². The minimum Gasteiger partial charge on any atom is -0.491 e. The Morgan fingerprint density at radius 1 is 1.19 bits per heavy atom. The van der Waals surface area contributed by atoms with Crippen LogP contribution in [-0.4, -0.2) is 26.2 Å². The molecule has 0 amide bonds. The summed E-state index contributed by atoms with van der Waals surface area (Å²) in [7, 11) is 3.60.